The van der Waals surface area contributed by atoms with Crippen LogP contribution in [0.15, 0.2) is 71.7 Å². The number of nitrogens with one attached hydrogen (secondary N) is 1. The molecule has 5 rings (SSSR count). The van der Waals surface area contributed by atoms with Gasteiger partial charge >= 0.3 is 5.69 Å². The lowest BCUT2D eigenvalue weighted by molar-refractivity contribution is 0.0988. The third-order valence-electron chi connectivity index (χ3n) is 6.67. The molecule has 2 aromatic carbocycles. The standard InChI is InChI=1S/C29H29ClN4O3/c1-29(2)15-13-22(14-16-29)37-21-11-9-19(10-12-21)26-32-27(34-28(35)33-26)25-23(30)7-5-8-24(25)36-18-20-6-3-4-17-31-20/h3-12,17,22H,13-16,18H2,1-2H3,(H,32,33,34,35). The van der Waals surface area contributed by atoms with Crippen molar-refractivity contribution in [2.24, 2.45) is 5.41 Å². The van der Waals surface area contributed by atoms with Crippen LogP contribution in [-0.4, -0.2) is 26.0 Å². The van der Waals surface area contributed by atoms with E-state index in [0.717, 1.165) is 37.1 Å². The van der Waals surface area contributed by atoms with Crippen LogP contribution in [0, 0.1) is 5.41 Å². The Balaban J connectivity index is 1.37. The van der Waals surface area contributed by atoms with E-state index < -0.39 is 5.69 Å². The summed E-state index contributed by atoms with van der Waals surface area (Å²) in [5.41, 5.74) is 1.82. The topological polar surface area (TPSA) is 90.0 Å². The van der Waals surface area contributed by atoms with E-state index in [0.29, 0.717) is 33.1 Å². The molecule has 2 heterocycles. The third kappa shape index (κ3) is 6.17. The van der Waals surface area contributed by atoms with Gasteiger partial charge in [-0.3, -0.25) is 9.97 Å². The molecule has 0 atom stereocenters. The average Bonchev–Trinajstić information content (AvgIpc) is 2.89. The summed E-state index contributed by atoms with van der Waals surface area (Å²) >= 11 is 6.53. The molecular formula is C29H29ClN4O3. The van der Waals surface area contributed by atoms with Crippen LogP contribution >= 0.6 is 11.6 Å². The van der Waals surface area contributed by atoms with Crippen LogP contribution in [0.2, 0.25) is 5.02 Å². The molecule has 0 bridgehead atoms. The first-order valence-electron chi connectivity index (χ1n) is 12.4. The van der Waals surface area contributed by atoms with Crippen molar-refractivity contribution in [1.29, 1.82) is 0 Å². The largest absolute Gasteiger partial charge is 0.490 e. The maximum Gasteiger partial charge on any atom is 0.348 e. The third-order valence-corrected chi connectivity index (χ3v) is 6.98. The first-order valence-corrected chi connectivity index (χ1v) is 12.8. The van der Waals surface area contributed by atoms with Crippen LogP contribution in [0.1, 0.15) is 45.2 Å². The molecule has 0 radical (unpaired) electrons. The van der Waals surface area contributed by atoms with Crippen LogP contribution in [0.5, 0.6) is 11.5 Å². The number of nitrogens with zero attached hydrogens (tertiary/aromatic N) is 3. The molecule has 190 valence electrons. The molecule has 1 aliphatic rings. The summed E-state index contributed by atoms with van der Waals surface area (Å²) in [7, 11) is 0. The van der Waals surface area contributed by atoms with E-state index in [-0.39, 0.29) is 18.5 Å². The van der Waals surface area contributed by atoms with E-state index in [1.54, 1.807) is 24.4 Å². The summed E-state index contributed by atoms with van der Waals surface area (Å²) in [4.78, 5) is 28.2. The summed E-state index contributed by atoms with van der Waals surface area (Å²) in [6.45, 7) is 4.87. The number of halogens is 1. The van der Waals surface area contributed by atoms with E-state index in [2.05, 4.69) is 33.8 Å². The molecule has 0 aliphatic heterocycles. The van der Waals surface area contributed by atoms with Gasteiger partial charge in [0, 0.05) is 11.8 Å². The van der Waals surface area contributed by atoms with Crippen molar-refractivity contribution in [2.75, 3.05) is 0 Å². The Labute approximate surface area is 220 Å². The molecule has 7 nitrogen and oxygen atoms in total. The number of rotatable bonds is 7. The fraction of sp³-hybridized carbons (Fsp3) is 0.310. The number of aromatic nitrogens is 4. The highest BCUT2D eigenvalue weighted by molar-refractivity contribution is 6.33. The van der Waals surface area contributed by atoms with Crippen molar-refractivity contribution in [2.45, 2.75) is 52.2 Å². The SMILES string of the molecule is CC1(C)CCC(Oc2ccc(-c3nc(-c4c(Cl)cccc4OCc4ccccn4)[nH]c(=O)n3)cc2)CC1. The predicted molar refractivity (Wildman–Crippen MR) is 144 cm³/mol. The van der Waals surface area contributed by atoms with Crippen molar-refractivity contribution >= 4 is 11.6 Å². The molecular weight excluding hydrogens is 488 g/mol. The predicted octanol–water partition coefficient (Wildman–Crippen LogP) is 6.47. The number of hydrogen-bond acceptors (Lipinski definition) is 6. The normalized spacial score (nSPS) is 15.3. The van der Waals surface area contributed by atoms with Gasteiger partial charge in [-0.25, -0.2) is 9.78 Å². The van der Waals surface area contributed by atoms with Crippen molar-refractivity contribution in [1.82, 2.24) is 19.9 Å². The molecule has 0 saturated heterocycles. The van der Waals surface area contributed by atoms with Gasteiger partial charge in [-0.15, -0.1) is 0 Å². The summed E-state index contributed by atoms with van der Waals surface area (Å²) < 4.78 is 12.2. The van der Waals surface area contributed by atoms with E-state index in [1.807, 2.05) is 42.5 Å². The lowest BCUT2D eigenvalue weighted by atomic mass is 9.76. The lowest BCUT2D eigenvalue weighted by Crippen LogP contribution is -2.28. The summed E-state index contributed by atoms with van der Waals surface area (Å²) in [5.74, 6) is 1.86. The molecule has 37 heavy (non-hydrogen) atoms. The van der Waals surface area contributed by atoms with E-state index in [1.165, 1.54) is 0 Å². The van der Waals surface area contributed by atoms with Crippen LogP contribution in [0.25, 0.3) is 22.8 Å². The number of ether oxygens (including phenoxy) is 2. The van der Waals surface area contributed by atoms with Gasteiger partial charge in [-0.1, -0.05) is 37.6 Å². The van der Waals surface area contributed by atoms with Gasteiger partial charge in [0.15, 0.2) is 5.82 Å². The van der Waals surface area contributed by atoms with Gasteiger partial charge in [0.05, 0.1) is 22.4 Å². The van der Waals surface area contributed by atoms with Crippen LogP contribution in [0.4, 0.5) is 0 Å². The molecule has 8 heteroatoms. The number of aromatic amines is 1. The minimum Gasteiger partial charge on any atom is -0.490 e. The first-order chi connectivity index (χ1) is 17.9. The Kier molecular flexibility index (Phi) is 7.24. The number of benzene rings is 2. The van der Waals surface area contributed by atoms with Crippen LogP contribution in [0.3, 0.4) is 0 Å². The molecule has 0 unspecified atom stereocenters. The van der Waals surface area contributed by atoms with Gasteiger partial charge in [0.2, 0.25) is 0 Å². The van der Waals surface area contributed by atoms with Crippen molar-refractivity contribution in [3.05, 3.63) is 88.1 Å². The van der Waals surface area contributed by atoms with Gasteiger partial charge in [0.25, 0.3) is 0 Å². The second kappa shape index (κ2) is 10.7. The van der Waals surface area contributed by atoms with E-state index in [9.17, 15) is 4.79 Å². The van der Waals surface area contributed by atoms with Crippen molar-refractivity contribution in [3.63, 3.8) is 0 Å². The van der Waals surface area contributed by atoms with E-state index >= 15 is 0 Å². The summed E-state index contributed by atoms with van der Waals surface area (Å²) in [6.07, 6.45) is 6.36. The lowest BCUT2D eigenvalue weighted by Gasteiger charge is -2.34. The Hall–Kier alpha value is -3.71. The fourth-order valence-electron chi connectivity index (χ4n) is 4.49. The molecule has 1 saturated carbocycles. The second-order valence-electron chi connectivity index (χ2n) is 10.1. The quantitative estimate of drug-likeness (QED) is 0.302. The van der Waals surface area contributed by atoms with Crippen molar-refractivity contribution in [3.8, 4) is 34.3 Å². The number of pyridine rings is 1. The second-order valence-corrected chi connectivity index (χ2v) is 10.5. The zero-order valence-corrected chi connectivity index (χ0v) is 21.7. The highest BCUT2D eigenvalue weighted by Gasteiger charge is 2.27. The Bertz CT molecular complexity index is 1410. The number of H-pyrrole nitrogens is 1. The van der Waals surface area contributed by atoms with Gasteiger partial charge in [-0.2, -0.15) is 4.98 Å². The van der Waals surface area contributed by atoms with Crippen LogP contribution in [-0.2, 0) is 6.61 Å². The maximum absolute atomic E-state index is 12.5. The minimum atomic E-state index is -0.527. The smallest absolute Gasteiger partial charge is 0.348 e. The minimum absolute atomic E-state index is 0.228. The van der Waals surface area contributed by atoms with Gasteiger partial charge < -0.3 is 9.47 Å². The zero-order valence-electron chi connectivity index (χ0n) is 20.9. The summed E-state index contributed by atoms with van der Waals surface area (Å²) in [5, 5.41) is 0.401. The first kappa shape index (κ1) is 25.0. The average molecular weight is 517 g/mol. The highest BCUT2D eigenvalue weighted by atomic mass is 35.5. The molecule has 4 aromatic rings. The maximum atomic E-state index is 12.5. The molecule has 2 aromatic heterocycles. The molecule has 1 N–H and O–H groups in total. The zero-order chi connectivity index (χ0) is 25.8. The highest BCUT2D eigenvalue weighted by Crippen LogP contribution is 2.37. The van der Waals surface area contributed by atoms with Gasteiger partial charge in [-0.05, 0) is 79.6 Å². The molecule has 0 spiro atoms. The van der Waals surface area contributed by atoms with Gasteiger partial charge in [0.1, 0.15) is 23.9 Å². The number of hydrogen-bond donors (Lipinski definition) is 1. The Morgan fingerprint density at radius 3 is 2.51 bits per heavy atom. The molecule has 0 amide bonds. The Morgan fingerprint density at radius 1 is 1.00 bits per heavy atom. The molecule has 1 aliphatic carbocycles. The van der Waals surface area contributed by atoms with Crippen molar-refractivity contribution < 1.29 is 9.47 Å². The Morgan fingerprint density at radius 2 is 1.78 bits per heavy atom. The monoisotopic (exact) mass is 516 g/mol. The summed E-state index contributed by atoms with van der Waals surface area (Å²) in [6, 6.07) is 18.4. The van der Waals surface area contributed by atoms with E-state index in [4.69, 9.17) is 21.1 Å². The van der Waals surface area contributed by atoms with Crippen LogP contribution < -0.4 is 15.2 Å². The molecule has 1 fully saturated rings. The fourth-order valence-corrected chi connectivity index (χ4v) is 4.74.